The smallest absolute Gasteiger partial charge is 0.130 e. The van der Waals surface area contributed by atoms with Crippen molar-refractivity contribution >= 4 is 5.78 Å². The normalized spacial score (nSPS) is 12.4. The highest BCUT2D eigenvalue weighted by atomic mass is 16.3. The van der Waals surface area contributed by atoms with E-state index in [9.17, 15) is 4.79 Å². The molecule has 0 aliphatic carbocycles. The van der Waals surface area contributed by atoms with E-state index in [0.29, 0.717) is 6.42 Å². The van der Waals surface area contributed by atoms with Crippen LogP contribution in [-0.2, 0) is 4.79 Å². The van der Waals surface area contributed by atoms with Gasteiger partial charge in [0, 0.05) is 12.3 Å². The van der Waals surface area contributed by atoms with Crippen molar-refractivity contribution in [3.8, 4) is 0 Å². The molecule has 0 fully saturated rings. The highest BCUT2D eigenvalue weighted by molar-refractivity contribution is 5.77. The lowest BCUT2D eigenvalue weighted by Gasteiger charge is -2.15. The van der Waals surface area contributed by atoms with Gasteiger partial charge in [-0.3, -0.25) is 4.79 Å². The zero-order valence-electron chi connectivity index (χ0n) is 11.1. The van der Waals surface area contributed by atoms with Gasteiger partial charge in [0.05, 0.1) is 6.26 Å². The van der Waals surface area contributed by atoms with Crippen molar-refractivity contribution in [3.63, 3.8) is 0 Å². The third kappa shape index (κ3) is 2.89. The largest absolute Gasteiger partial charge is 0.469 e. The fourth-order valence-corrected chi connectivity index (χ4v) is 2.37. The van der Waals surface area contributed by atoms with Gasteiger partial charge in [0.15, 0.2) is 0 Å². The Balaban J connectivity index is 2.42. The number of aryl methyl sites for hydroxylation is 2. The molecule has 0 amide bonds. The fourth-order valence-electron chi connectivity index (χ4n) is 2.37. The average Bonchev–Trinajstić information content (AvgIpc) is 2.77. The number of furan rings is 1. The van der Waals surface area contributed by atoms with E-state index in [1.807, 2.05) is 12.1 Å². The van der Waals surface area contributed by atoms with Crippen LogP contribution in [0, 0.1) is 13.8 Å². The van der Waals surface area contributed by atoms with Crippen molar-refractivity contribution in [1.82, 2.24) is 0 Å². The van der Waals surface area contributed by atoms with E-state index < -0.39 is 0 Å². The number of ketones is 1. The van der Waals surface area contributed by atoms with Crippen molar-refractivity contribution in [3.05, 3.63) is 59.0 Å². The molecule has 0 N–H and O–H groups in total. The number of benzene rings is 1. The molecule has 1 aromatic heterocycles. The Kier molecular flexibility index (Phi) is 3.66. The Bertz CT molecular complexity index is 518. The first-order chi connectivity index (χ1) is 8.56. The van der Waals surface area contributed by atoms with Crippen LogP contribution in [0.15, 0.2) is 41.0 Å². The predicted octanol–water partition coefficient (Wildman–Crippen LogP) is 4.01. The Morgan fingerprint density at radius 1 is 1.22 bits per heavy atom. The van der Waals surface area contributed by atoms with Crippen LogP contribution < -0.4 is 0 Å². The second-order valence-corrected chi connectivity index (χ2v) is 4.90. The highest BCUT2D eigenvalue weighted by Crippen LogP contribution is 2.30. The topological polar surface area (TPSA) is 30.2 Å². The standard InChI is InChI=1S/C16H18O2/c1-11-7-12(2)9-14(8-11)15(10-13(3)17)16-5-4-6-18-16/h4-9,15H,10H2,1-3H3. The van der Waals surface area contributed by atoms with E-state index in [1.165, 1.54) is 11.1 Å². The molecule has 2 nitrogen and oxygen atoms in total. The van der Waals surface area contributed by atoms with Gasteiger partial charge in [-0.05, 0) is 38.5 Å². The first-order valence-electron chi connectivity index (χ1n) is 6.17. The molecular formula is C16H18O2. The summed E-state index contributed by atoms with van der Waals surface area (Å²) in [5.74, 6) is 1.06. The predicted molar refractivity (Wildman–Crippen MR) is 71.8 cm³/mol. The Morgan fingerprint density at radius 3 is 2.39 bits per heavy atom. The fraction of sp³-hybridized carbons (Fsp3) is 0.312. The van der Waals surface area contributed by atoms with E-state index in [2.05, 4.69) is 32.0 Å². The molecule has 0 bridgehead atoms. The van der Waals surface area contributed by atoms with Crippen LogP contribution in [0.3, 0.4) is 0 Å². The maximum atomic E-state index is 11.5. The van der Waals surface area contributed by atoms with Crippen LogP contribution in [0.4, 0.5) is 0 Å². The lowest BCUT2D eigenvalue weighted by atomic mass is 9.89. The summed E-state index contributed by atoms with van der Waals surface area (Å²) in [5, 5.41) is 0. The van der Waals surface area contributed by atoms with E-state index in [0.717, 1.165) is 11.3 Å². The average molecular weight is 242 g/mol. The van der Waals surface area contributed by atoms with Crippen molar-refractivity contribution < 1.29 is 9.21 Å². The van der Waals surface area contributed by atoms with Gasteiger partial charge in [0.1, 0.15) is 11.5 Å². The minimum atomic E-state index is 0.0242. The second-order valence-electron chi connectivity index (χ2n) is 4.90. The molecule has 0 radical (unpaired) electrons. The van der Waals surface area contributed by atoms with E-state index in [-0.39, 0.29) is 11.7 Å². The lowest BCUT2D eigenvalue weighted by Crippen LogP contribution is -2.06. The third-order valence-electron chi connectivity index (χ3n) is 3.02. The maximum Gasteiger partial charge on any atom is 0.130 e. The molecule has 1 unspecified atom stereocenters. The molecule has 0 spiro atoms. The van der Waals surface area contributed by atoms with Crippen molar-refractivity contribution in [2.45, 2.75) is 33.1 Å². The second kappa shape index (κ2) is 5.21. The number of rotatable bonds is 4. The summed E-state index contributed by atoms with van der Waals surface area (Å²) in [7, 11) is 0. The van der Waals surface area contributed by atoms with Gasteiger partial charge in [0.2, 0.25) is 0 Å². The summed E-state index contributed by atoms with van der Waals surface area (Å²) in [4.78, 5) is 11.5. The van der Waals surface area contributed by atoms with E-state index in [1.54, 1.807) is 13.2 Å². The van der Waals surface area contributed by atoms with Crippen molar-refractivity contribution in [2.24, 2.45) is 0 Å². The molecule has 18 heavy (non-hydrogen) atoms. The number of Topliss-reactive ketones (excluding diaryl/α,β-unsaturated/α-hetero) is 1. The molecule has 2 aromatic rings. The van der Waals surface area contributed by atoms with Gasteiger partial charge in [-0.25, -0.2) is 0 Å². The quantitative estimate of drug-likeness (QED) is 0.811. The number of hydrogen-bond acceptors (Lipinski definition) is 2. The van der Waals surface area contributed by atoms with E-state index >= 15 is 0 Å². The number of hydrogen-bond donors (Lipinski definition) is 0. The molecule has 94 valence electrons. The Labute approximate surface area is 108 Å². The van der Waals surface area contributed by atoms with Crippen LogP contribution in [0.25, 0.3) is 0 Å². The highest BCUT2D eigenvalue weighted by Gasteiger charge is 2.19. The summed E-state index contributed by atoms with van der Waals surface area (Å²) in [5.41, 5.74) is 3.58. The molecule has 1 atom stereocenters. The van der Waals surface area contributed by atoms with Gasteiger partial charge >= 0.3 is 0 Å². The molecule has 0 aliphatic rings. The zero-order chi connectivity index (χ0) is 13.1. The zero-order valence-corrected chi connectivity index (χ0v) is 11.1. The van der Waals surface area contributed by atoms with Crippen LogP contribution in [0.2, 0.25) is 0 Å². The Morgan fingerprint density at radius 2 is 1.89 bits per heavy atom. The number of carbonyl (C=O) groups is 1. The molecule has 0 saturated carbocycles. The van der Waals surface area contributed by atoms with Gasteiger partial charge in [-0.15, -0.1) is 0 Å². The minimum absolute atomic E-state index is 0.0242. The molecule has 1 aromatic carbocycles. The summed E-state index contributed by atoms with van der Waals surface area (Å²) in [6.07, 6.45) is 2.14. The van der Waals surface area contributed by atoms with Crippen LogP contribution in [0.1, 0.15) is 41.7 Å². The summed E-state index contributed by atoms with van der Waals surface area (Å²) >= 11 is 0. The first kappa shape index (κ1) is 12.6. The van der Waals surface area contributed by atoms with Gasteiger partial charge in [-0.2, -0.15) is 0 Å². The van der Waals surface area contributed by atoms with Crippen LogP contribution >= 0.6 is 0 Å². The van der Waals surface area contributed by atoms with Crippen molar-refractivity contribution in [1.29, 1.82) is 0 Å². The van der Waals surface area contributed by atoms with Crippen LogP contribution in [0.5, 0.6) is 0 Å². The first-order valence-corrected chi connectivity index (χ1v) is 6.17. The molecule has 2 heteroatoms. The van der Waals surface area contributed by atoms with Gasteiger partial charge in [-0.1, -0.05) is 29.3 Å². The summed E-state index contributed by atoms with van der Waals surface area (Å²) < 4.78 is 5.48. The summed E-state index contributed by atoms with van der Waals surface area (Å²) in [6.45, 7) is 5.77. The van der Waals surface area contributed by atoms with Gasteiger partial charge < -0.3 is 4.42 Å². The van der Waals surface area contributed by atoms with Gasteiger partial charge in [0.25, 0.3) is 0 Å². The molecule has 0 aliphatic heterocycles. The molecule has 2 rings (SSSR count). The third-order valence-corrected chi connectivity index (χ3v) is 3.02. The lowest BCUT2D eigenvalue weighted by molar-refractivity contribution is -0.117. The minimum Gasteiger partial charge on any atom is -0.469 e. The van der Waals surface area contributed by atoms with E-state index in [4.69, 9.17) is 4.42 Å². The maximum absolute atomic E-state index is 11.5. The van der Waals surface area contributed by atoms with Crippen molar-refractivity contribution in [2.75, 3.05) is 0 Å². The summed E-state index contributed by atoms with van der Waals surface area (Å²) in [6, 6.07) is 10.2. The van der Waals surface area contributed by atoms with Crippen LogP contribution in [-0.4, -0.2) is 5.78 Å². The Hall–Kier alpha value is -1.83. The number of carbonyl (C=O) groups excluding carboxylic acids is 1. The molecule has 1 heterocycles. The monoisotopic (exact) mass is 242 g/mol. The molecule has 0 saturated heterocycles. The molecular weight excluding hydrogens is 224 g/mol. The SMILES string of the molecule is CC(=O)CC(c1cc(C)cc(C)c1)c1ccco1.